The average Bonchev–Trinajstić information content (AvgIpc) is 2.27. The summed E-state index contributed by atoms with van der Waals surface area (Å²) in [6.45, 7) is 1.20. The molecule has 0 saturated heterocycles. The number of carbonyl (C=O) groups excluding carboxylic acids is 1. The van der Waals surface area contributed by atoms with Crippen LogP contribution in [0, 0.1) is 17.0 Å². The molecule has 0 aliphatic rings. The molecule has 0 unspecified atom stereocenters. The fraction of sp³-hybridized carbons (Fsp3) is 0.400. The van der Waals surface area contributed by atoms with Gasteiger partial charge in [0, 0.05) is 17.3 Å². The van der Waals surface area contributed by atoms with E-state index in [1.807, 2.05) is 0 Å². The maximum Gasteiger partial charge on any atom is 0.311 e. The third kappa shape index (κ3) is 2.76. The molecule has 98 valence electrons. The van der Waals surface area contributed by atoms with Gasteiger partial charge in [-0.05, 0) is 6.92 Å². The summed E-state index contributed by atoms with van der Waals surface area (Å²) >= 11 is 0. The summed E-state index contributed by atoms with van der Waals surface area (Å²) in [5.74, 6) is -0.727. The van der Waals surface area contributed by atoms with Crippen molar-refractivity contribution in [3.8, 4) is 0 Å². The summed E-state index contributed by atoms with van der Waals surface area (Å²) in [7, 11) is 1.12. The Morgan fingerprint density at radius 2 is 2.22 bits per heavy atom. The van der Waals surface area contributed by atoms with Gasteiger partial charge in [-0.2, -0.15) is 0 Å². The van der Waals surface area contributed by atoms with Gasteiger partial charge in [0.25, 0.3) is 12.1 Å². The maximum absolute atomic E-state index is 12.6. The molecule has 0 spiro atoms. The van der Waals surface area contributed by atoms with Crippen LogP contribution in [0.4, 0.5) is 14.5 Å². The lowest BCUT2D eigenvalue weighted by atomic mass is 10.1. The van der Waals surface area contributed by atoms with Crippen LogP contribution >= 0.6 is 0 Å². The summed E-state index contributed by atoms with van der Waals surface area (Å²) in [5, 5.41) is 10.9. The molecule has 0 N–H and O–H groups in total. The number of nitro groups is 1. The average molecular weight is 260 g/mol. The number of alkyl halides is 2. The number of ether oxygens (including phenoxy) is 1. The first-order valence-corrected chi connectivity index (χ1v) is 4.86. The van der Waals surface area contributed by atoms with Crippen molar-refractivity contribution in [2.24, 2.45) is 0 Å². The number of hydrogen-bond acceptors (Lipinski definition) is 5. The zero-order chi connectivity index (χ0) is 13.9. The maximum atomic E-state index is 12.6. The summed E-state index contributed by atoms with van der Waals surface area (Å²) in [4.78, 5) is 24.6. The van der Waals surface area contributed by atoms with E-state index in [0.29, 0.717) is 0 Å². The van der Waals surface area contributed by atoms with Gasteiger partial charge in [-0.1, -0.05) is 0 Å². The molecule has 1 heterocycles. The van der Waals surface area contributed by atoms with E-state index in [4.69, 9.17) is 0 Å². The van der Waals surface area contributed by atoms with E-state index in [0.717, 1.165) is 13.3 Å². The SMILES string of the molecule is COC(=O)Cc1ncc(C(F)F)c(C)c1[N+](=O)[O-]. The van der Waals surface area contributed by atoms with E-state index in [1.54, 1.807) is 0 Å². The monoisotopic (exact) mass is 260 g/mol. The minimum Gasteiger partial charge on any atom is -0.469 e. The largest absolute Gasteiger partial charge is 0.469 e. The predicted molar refractivity (Wildman–Crippen MR) is 56.3 cm³/mol. The number of rotatable bonds is 4. The molecule has 0 aliphatic heterocycles. The van der Waals surface area contributed by atoms with Gasteiger partial charge in [-0.15, -0.1) is 0 Å². The molecule has 0 amide bonds. The van der Waals surface area contributed by atoms with Crippen molar-refractivity contribution in [1.29, 1.82) is 0 Å². The van der Waals surface area contributed by atoms with Crippen LogP contribution in [0.3, 0.4) is 0 Å². The van der Waals surface area contributed by atoms with Crippen LogP contribution in [0.25, 0.3) is 0 Å². The number of pyridine rings is 1. The number of esters is 1. The lowest BCUT2D eigenvalue weighted by molar-refractivity contribution is -0.386. The summed E-state index contributed by atoms with van der Waals surface area (Å²) in [5.41, 5.74) is -1.47. The second kappa shape index (κ2) is 5.48. The zero-order valence-corrected chi connectivity index (χ0v) is 9.65. The Bertz CT molecular complexity index is 491. The van der Waals surface area contributed by atoms with Crippen molar-refractivity contribution in [1.82, 2.24) is 4.98 Å². The molecule has 0 aromatic carbocycles. The highest BCUT2D eigenvalue weighted by Crippen LogP contribution is 2.30. The molecular weight excluding hydrogens is 250 g/mol. The fourth-order valence-electron chi connectivity index (χ4n) is 1.46. The molecular formula is C10H10F2N2O4. The van der Waals surface area contributed by atoms with Gasteiger partial charge in [0.1, 0.15) is 5.69 Å². The molecule has 0 saturated carbocycles. The lowest BCUT2D eigenvalue weighted by Gasteiger charge is -2.08. The van der Waals surface area contributed by atoms with Gasteiger partial charge in [-0.25, -0.2) is 8.78 Å². The van der Waals surface area contributed by atoms with E-state index >= 15 is 0 Å². The minimum absolute atomic E-state index is 0.186. The van der Waals surface area contributed by atoms with Crippen LogP contribution in [-0.4, -0.2) is 23.0 Å². The van der Waals surface area contributed by atoms with E-state index in [-0.39, 0.29) is 11.3 Å². The molecule has 1 rings (SSSR count). The topological polar surface area (TPSA) is 82.3 Å². The van der Waals surface area contributed by atoms with Crippen molar-refractivity contribution in [3.05, 3.63) is 33.1 Å². The van der Waals surface area contributed by atoms with E-state index in [1.165, 1.54) is 6.92 Å². The van der Waals surface area contributed by atoms with Crippen LogP contribution in [0.5, 0.6) is 0 Å². The highest BCUT2D eigenvalue weighted by Gasteiger charge is 2.26. The Labute approximate surface area is 101 Å². The van der Waals surface area contributed by atoms with Gasteiger partial charge in [0.05, 0.1) is 18.5 Å². The summed E-state index contributed by atoms with van der Waals surface area (Å²) in [6.07, 6.45) is -2.45. The third-order valence-electron chi connectivity index (χ3n) is 2.38. The Morgan fingerprint density at radius 1 is 1.61 bits per heavy atom. The molecule has 6 nitrogen and oxygen atoms in total. The number of carbonyl (C=O) groups is 1. The van der Waals surface area contributed by atoms with Crippen LogP contribution < -0.4 is 0 Å². The van der Waals surface area contributed by atoms with Gasteiger partial charge >= 0.3 is 5.97 Å². The molecule has 0 atom stereocenters. The Balaban J connectivity index is 3.32. The molecule has 0 aliphatic carbocycles. The van der Waals surface area contributed by atoms with Gasteiger partial charge in [0.2, 0.25) is 0 Å². The van der Waals surface area contributed by atoms with Crippen molar-refractivity contribution in [2.75, 3.05) is 7.11 Å². The fourth-order valence-corrected chi connectivity index (χ4v) is 1.46. The van der Waals surface area contributed by atoms with Crippen molar-refractivity contribution in [3.63, 3.8) is 0 Å². The Morgan fingerprint density at radius 3 is 2.67 bits per heavy atom. The number of nitrogens with zero attached hydrogens (tertiary/aromatic N) is 2. The van der Waals surface area contributed by atoms with Crippen molar-refractivity contribution in [2.45, 2.75) is 19.8 Å². The lowest BCUT2D eigenvalue weighted by Crippen LogP contribution is -2.11. The first-order valence-electron chi connectivity index (χ1n) is 4.86. The van der Waals surface area contributed by atoms with Gasteiger partial charge in [0.15, 0.2) is 0 Å². The standard InChI is InChI=1S/C10H10F2N2O4/c1-5-6(10(11)12)4-13-7(3-8(15)18-2)9(5)14(16)17/h4,10H,3H2,1-2H3. The molecule has 0 fully saturated rings. The molecule has 1 aromatic rings. The molecule has 8 heteroatoms. The van der Waals surface area contributed by atoms with Gasteiger partial charge in [-0.3, -0.25) is 19.9 Å². The van der Waals surface area contributed by atoms with Crippen LogP contribution in [0.1, 0.15) is 23.2 Å². The van der Waals surface area contributed by atoms with Gasteiger partial charge < -0.3 is 4.74 Å². The van der Waals surface area contributed by atoms with E-state index < -0.39 is 35.0 Å². The Hall–Kier alpha value is -2.12. The van der Waals surface area contributed by atoms with Crippen LogP contribution in [0.15, 0.2) is 6.20 Å². The number of methoxy groups -OCH3 is 1. The molecule has 18 heavy (non-hydrogen) atoms. The summed E-state index contributed by atoms with van der Waals surface area (Å²) < 4.78 is 29.5. The highest BCUT2D eigenvalue weighted by atomic mass is 19.3. The van der Waals surface area contributed by atoms with Crippen LogP contribution in [-0.2, 0) is 16.0 Å². The van der Waals surface area contributed by atoms with Crippen molar-refractivity contribution >= 4 is 11.7 Å². The number of halogens is 2. The van der Waals surface area contributed by atoms with E-state index in [2.05, 4.69) is 9.72 Å². The third-order valence-corrected chi connectivity index (χ3v) is 2.38. The summed E-state index contributed by atoms with van der Waals surface area (Å²) in [6, 6.07) is 0. The van der Waals surface area contributed by atoms with Crippen LogP contribution in [0.2, 0.25) is 0 Å². The first kappa shape index (κ1) is 13.9. The minimum atomic E-state index is -2.86. The molecule has 0 bridgehead atoms. The second-order valence-corrected chi connectivity index (χ2v) is 3.44. The predicted octanol–water partition coefficient (Wildman–Crippen LogP) is 1.95. The first-order chi connectivity index (χ1) is 8.38. The number of hydrogen-bond donors (Lipinski definition) is 0. The quantitative estimate of drug-likeness (QED) is 0.469. The van der Waals surface area contributed by atoms with Crippen molar-refractivity contribution < 1.29 is 23.2 Å². The number of aromatic nitrogens is 1. The normalized spacial score (nSPS) is 10.5. The highest BCUT2D eigenvalue weighted by molar-refractivity contribution is 5.73. The molecule has 0 radical (unpaired) electrons. The Kier molecular flexibility index (Phi) is 4.24. The smallest absolute Gasteiger partial charge is 0.311 e. The van der Waals surface area contributed by atoms with E-state index in [9.17, 15) is 23.7 Å². The zero-order valence-electron chi connectivity index (χ0n) is 9.65. The molecule has 1 aromatic heterocycles. The second-order valence-electron chi connectivity index (χ2n) is 3.44.